The van der Waals surface area contributed by atoms with E-state index in [0.29, 0.717) is 12.1 Å². The summed E-state index contributed by atoms with van der Waals surface area (Å²) in [7, 11) is 0. The van der Waals surface area contributed by atoms with Gasteiger partial charge in [-0.1, -0.05) is 29.8 Å². The molecule has 0 radical (unpaired) electrons. The van der Waals surface area contributed by atoms with Gasteiger partial charge in [0.1, 0.15) is 5.82 Å². The van der Waals surface area contributed by atoms with Crippen molar-refractivity contribution in [1.29, 1.82) is 0 Å². The van der Waals surface area contributed by atoms with Crippen molar-refractivity contribution in [3.05, 3.63) is 71.0 Å². The number of aryl methyl sites for hydroxylation is 1. The molecule has 0 aliphatic carbocycles. The second kappa shape index (κ2) is 5.45. The molecule has 0 saturated heterocycles. The molecule has 18 heavy (non-hydrogen) atoms. The Balaban J connectivity index is 1.96. The highest BCUT2D eigenvalue weighted by atomic mass is 19.1. The Labute approximate surface area is 105 Å². The van der Waals surface area contributed by atoms with Gasteiger partial charge in [-0.2, -0.15) is 0 Å². The van der Waals surface area contributed by atoms with E-state index >= 15 is 0 Å². The van der Waals surface area contributed by atoms with Crippen LogP contribution in [-0.4, -0.2) is 5.91 Å². The van der Waals surface area contributed by atoms with Crippen LogP contribution < -0.4 is 5.32 Å². The van der Waals surface area contributed by atoms with E-state index in [4.69, 9.17) is 0 Å². The quantitative estimate of drug-likeness (QED) is 0.882. The van der Waals surface area contributed by atoms with Crippen LogP contribution in [0.1, 0.15) is 21.5 Å². The van der Waals surface area contributed by atoms with Crippen LogP contribution in [0.15, 0.2) is 48.5 Å². The Kier molecular flexibility index (Phi) is 3.72. The number of hydrogen-bond donors (Lipinski definition) is 1. The number of benzene rings is 2. The van der Waals surface area contributed by atoms with Gasteiger partial charge in [0, 0.05) is 12.1 Å². The molecule has 0 heterocycles. The molecule has 3 heteroatoms. The summed E-state index contributed by atoms with van der Waals surface area (Å²) >= 11 is 0. The van der Waals surface area contributed by atoms with Gasteiger partial charge in [0.25, 0.3) is 5.91 Å². The van der Waals surface area contributed by atoms with Crippen molar-refractivity contribution in [1.82, 2.24) is 5.32 Å². The first kappa shape index (κ1) is 12.3. The summed E-state index contributed by atoms with van der Waals surface area (Å²) in [5.74, 6) is -0.400. The van der Waals surface area contributed by atoms with Crippen LogP contribution >= 0.6 is 0 Å². The van der Waals surface area contributed by atoms with Crippen molar-refractivity contribution < 1.29 is 9.18 Å². The zero-order chi connectivity index (χ0) is 13.0. The minimum Gasteiger partial charge on any atom is -0.348 e. The van der Waals surface area contributed by atoms with Gasteiger partial charge in [0.15, 0.2) is 0 Å². The number of hydrogen-bond acceptors (Lipinski definition) is 1. The van der Waals surface area contributed by atoms with Crippen LogP contribution in [0.2, 0.25) is 0 Å². The van der Waals surface area contributed by atoms with Crippen LogP contribution in [0.3, 0.4) is 0 Å². The molecule has 0 fully saturated rings. The van der Waals surface area contributed by atoms with Crippen molar-refractivity contribution in [2.45, 2.75) is 13.5 Å². The maximum Gasteiger partial charge on any atom is 0.251 e. The minimum absolute atomic E-state index is 0.126. The van der Waals surface area contributed by atoms with E-state index in [1.54, 1.807) is 24.3 Å². The van der Waals surface area contributed by atoms with Crippen LogP contribution in [-0.2, 0) is 6.54 Å². The SMILES string of the molecule is Cc1ccc(C(=O)NCc2ccc(F)cc2)cc1. The van der Waals surface area contributed by atoms with Gasteiger partial charge in [-0.15, -0.1) is 0 Å². The molecule has 0 aliphatic heterocycles. The molecule has 2 nitrogen and oxygen atoms in total. The Bertz CT molecular complexity index is 531. The maximum absolute atomic E-state index is 12.7. The normalized spacial score (nSPS) is 10.1. The molecule has 92 valence electrons. The first-order valence-electron chi connectivity index (χ1n) is 5.74. The van der Waals surface area contributed by atoms with Crippen LogP contribution in [0, 0.1) is 12.7 Å². The van der Waals surface area contributed by atoms with Gasteiger partial charge in [-0.05, 0) is 36.8 Å². The summed E-state index contributed by atoms with van der Waals surface area (Å²) in [6, 6.07) is 13.4. The Morgan fingerprint density at radius 3 is 2.28 bits per heavy atom. The molecule has 0 unspecified atom stereocenters. The van der Waals surface area contributed by atoms with E-state index in [9.17, 15) is 9.18 Å². The van der Waals surface area contributed by atoms with Crippen LogP contribution in [0.4, 0.5) is 4.39 Å². The maximum atomic E-state index is 12.7. The van der Waals surface area contributed by atoms with E-state index in [1.807, 2.05) is 19.1 Å². The highest BCUT2D eigenvalue weighted by Gasteiger charge is 2.04. The largest absolute Gasteiger partial charge is 0.348 e. The lowest BCUT2D eigenvalue weighted by atomic mass is 10.1. The van der Waals surface area contributed by atoms with Gasteiger partial charge in [0.2, 0.25) is 0 Å². The molecule has 2 aromatic carbocycles. The summed E-state index contributed by atoms with van der Waals surface area (Å²) < 4.78 is 12.7. The van der Waals surface area contributed by atoms with Crippen molar-refractivity contribution in [2.24, 2.45) is 0 Å². The zero-order valence-electron chi connectivity index (χ0n) is 10.1. The standard InChI is InChI=1S/C15H14FNO/c1-11-2-6-13(7-3-11)15(18)17-10-12-4-8-14(16)9-5-12/h2-9H,10H2,1H3,(H,17,18). The molecule has 1 N–H and O–H groups in total. The Morgan fingerprint density at radius 2 is 1.67 bits per heavy atom. The Hall–Kier alpha value is -2.16. The molecule has 2 rings (SSSR count). The second-order valence-electron chi connectivity index (χ2n) is 4.18. The number of rotatable bonds is 3. The fourth-order valence-electron chi connectivity index (χ4n) is 1.59. The summed E-state index contributed by atoms with van der Waals surface area (Å²) in [4.78, 5) is 11.8. The minimum atomic E-state index is -0.274. The zero-order valence-corrected chi connectivity index (χ0v) is 10.1. The first-order valence-corrected chi connectivity index (χ1v) is 5.74. The van der Waals surface area contributed by atoms with Crippen molar-refractivity contribution in [3.63, 3.8) is 0 Å². The summed E-state index contributed by atoms with van der Waals surface area (Å²) in [6.45, 7) is 2.37. The molecule has 0 aliphatic rings. The summed E-state index contributed by atoms with van der Waals surface area (Å²) in [6.07, 6.45) is 0. The van der Waals surface area contributed by atoms with E-state index in [2.05, 4.69) is 5.32 Å². The average Bonchev–Trinajstić information content (AvgIpc) is 2.38. The third kappa shape index (κ3) is 3.17. The lowest BCUT2D eigenvalue weighted by Crippen LogP contribution is -2.22. The number of carbonyl (C=O) groups excluding carboxylic acids is 1. The van der Waals surface area contributed by atoms with Gasteiger partial charge in [-0.25, -0.2) is 4.39 Å². The molecule has 0 spiro atoms. The molecular weight excluding hydrogens is 229 g/mol. The van der Waals surface area contributed by atoms with Crippen LogP contribution in [0.5, 0.6) is 0 Å². The molecule has 2 aromatic rings. The monoisotopic (exact) mass is 243 g/mol. The Morgan fingerprint density at radius 1 is 1.06 bits per heavy atom. The van der Waals surface area contributed by atoms with E-state index < -0.39 is 0 Å². The predicted molar refractivity (Wildman–Crippen MR) is 68.7 cm³/mol. The summed E-state index contributed by atoms with van der Waals surface area (Å²) in [5.41, 5.74) is 2.62. The second-order valence-corrected chi connectivity index (χ2v) is 4.18. The highest BCUT2D eigenvalue weighted by molar-refractivity contribution is 5.94. The first-order chi connectivity index (χ1) is 8.65. The predicted octanol–water partition coefficient (Wildman–Crippen LogP) is 3.06. The van der Waals surface area contributed by atoms with Gasteiger partial charge < -0.3 is 5.32 Å². The van der Waals surface area contributed by atoms with Gasteiger partial charge in [-0.3, -0.25) is 4.79 Å². The number of halogens is 1. The molecule has 0 atom stereocenters. The number of amides is 1. The van der Waals surface area contributed by atoms with E-state index in [1.165, 1.54) is 12.1 Å². The van der Waals surface area contributed by atoms with Gasteiger partial charge in [0.05, 0.1) is 0 Å². The summed E-state index contributed by atoms with van der Waals surface area (Å²) in [5, 5.41) is 2.79. The fraction of sp³-hybridized carbons (Fsp3) is 0.133. The molecule has 0 bridgehead atoms. The fourth-order valence-corrected chi connectivity index (χ4v) is 1.59. The van der Waals surface area contributed by atoms with Crippen LogP contribution in [0.25, 0.3) is 0 Å². The number of nitrogens with one attached hydrogen (secondary N) is 1. The lowest BCUT2D eigenvalue weighted by Gasteiger charge is -2.05. The smallest absolute Gasteiger partial charge is 0.251 e. The third-order valence-corrected chi connectivity index (χ3v) is 2.68. The van der Waals surface area contributed by atoms with E-state index in [0.717, 1.165) is 11.1 Å². The van der Waals surface area contributed by atoms with Crippen molar-refractivity contribution >= 4 is 5.91 Å². The molecule has 0 aromatic heterocycles. The van der Waals surface area contributed by atoms with Crippen molar-refractivity contribution in [2.75, 3.05) is 0 Å². The number of carbonyl (C=O) groups is 1. The van der Waals surface area contributed by atoms with Gasteiger partial charge >= 0.3 is 0 Å². The molecular formula is C15H14FNO. The topological polar surface area (TPSA) is 29.1 Å². The molecule has 0 saturated carbocycles. The highest BCUT2D eigenvalue weighted by Crippen LogP contribution is 2.05. The third-order valence-electron chi connectivity index (χ3n) is 2.68. The lowest BCUT2D eigenvalue weighted by molar-refractivity contribution is 0.0951. The molecule has 1 amide bonds. The average molecular weight is 243 g/mol. The van der Waals surface area contributed by atoms with Crippen molar-refractivity contribution in [3.8, 4) is 0 Å². The van der Waals surface area contributed by atoms with E-state index in [-0.39, 0.29) is 11.7 Å².